The summed E-state index contributed by atoms with van der Waals surface area (Å²) in [6.07, 6.45) is 5.18. The lowest BCUT2D eigenvalue weighted by Crippen LogP contribution is -2.19. The van der Waals surface area contributed by atoms with Gasteiger partial charge < -0.3 is 5.73 Å². The number of amides is 1. The van der Waals surface area contributed by atoms with Gasteiger partial charge in [0.05, 0.1) is 5.75 Å². The number of thioether (sulfide) groups is 1. The first-order chi connectivity index (χ1) is 10.2. The Kier molecular flexibility index (Phi) is 5.92. The highest BCUT2D eigenvalue weighted by Gasteiger charge is 2.05. The van der Waals surface area contributed by atoms with Crippen LogP contribution in [0.2, 0.25) is 0 Å². The molecule has 0 radical (unpaired) electrons. The fourth-order valence-electron chi connectivity index (χ4n) is 1.31. The second-order valence-electron chi connectivity index (χ2n) is 3.78. The summed E-state index contributed by atoms with van der Waals surface area (Å²) in [7, 11) is 0. The van der Waals surface area contributed by atoms with Crippen LogP contribution in [0.15, 0.2) is 45.8 Å². The molecule has 1 amide bonds. The minimum absolute atomic E-state index is 0.210. The fourth-order valence-corrected chi connectivity index (χ4v) is 2.74. The number of carbonyl (C=O) groups is 1. The quantitative estimate of drug-likeness (QED) is 0.483. The number of nitrogen functional groups attached to an aromatic ring is 1. The van der Waals surface area contributed by atoms with Crippen LogP contribution in [0, 0.1) is 0 Å². The molecule has 3 N–H and O–H groups in total. The summed E-state index contributed by atoms with van der Waals surface area (Å²) in [6, 6.07) is 9.82. The maximum absolute atomic E-state index is 11.5. The Morgan fingerprint density at radius 1 is 1.38 bits per heavy atom. The van der Waals surface area contributed by atoms with E-state index in [1.54, 1.807) is 6.08 Å². The predicted octanol–water partition coefficient (Wildman–Crippen LogP) is 2.03. The van der Waals surface area contributed by atoms with Crippen LogP contribution in [-0.2, 0) is 4.79 Å². The molecule has 108 valence electrons. The Balaban J connectivity index is 1.69. The van der Waals surface area contributed by atoms with E-state index in [9.17, 15) is 4.79 Å². The summed E-state index contributed by atoms with van der Waals surface area (Å²) >= 11 is 2.52. The summed E-state index contributed by atoms with van der Waals surface area (Å²) in [4.78, 5) is 11.5. The number of hydrogen-bond donors (Lipinski definition) is 2. The molecule has 0 fully saturated rings. The van der Waals surface area contributed by atoms with Gasteiger partial charge in [-0.3, -0.25) is 4.79 Å². The first kappa shape index (κ1) is 15.2. The second kappa shape index (κ2) is 8.18. The molecular formula is C13H13N5OS2. The van der Waals surface area contributed by atoms with Crippen LogP contribution in [0.4, 0.5) is 5.13 Å². The average molecular weight is 319 g/mol. The van der Waals surface area contributed by atoms with Crippen molar-refractivity contribution in [2.45, 2.75) is 4.34 Å². The number of rotatable bonds is 6. The largest absolute Gasteiger partial charge is 0.374 e. The van der Waals surface area contributed by atoms with E-state index >= 15 is 0 Å². The lowest BCUT2D eigenvalue weighted by molar-refractivity contribution is -0.118. The van der Waals surface area contributed by atoms with Crippen LogP contribution in [0.3, 0.4) is 0 Å². The van der Waals surface area contributed by atoms with Crippen molar-refractivity contribution in [3.05, 3.63) is 42.0 Å². The van der Waals surface area contributed by atoms with Crippen LogP contribution in [-0.4, -0.2) is 28.1 Å². The van der Waals surface area contributed by atoms with Gasteiger partial charge in [-0.15, -0.1) is 10.2 Å². The zero-order chi connectivity index (χ0) is 14.9. The van der Waals surface area contributed by atoms with Crippen LogP contribution < -0.4 is 11.2 Å². The number of allylic oxidation sites excluding steroid dienone is 1. The van der Waals surface area contributed by atoms with Crippen molar-refractivity contribution in [1.82, 2.24) is 15.6 Å². The van der Waals surface area contributed by atoms with Crippen molar-refractivity contribution in [2.75, 3.05) is 11.5 Å². The second-order valence-corrected chi connectivity index (χ2v) is 6.01. The maximum Gasteiger partial charge on any atom is 0.250 e. The smallest absolute Gasteiger partial charge is 0.250 e. The van der Waals surface area contributed by atoms with E-state index in [0.717, 1.165) is 5.56 Å². The molecular weight excluding hydrogens is 306 g/mol. The lowest BCUT2D eigenvalue weighted by Gasteiger charge is -1.95. The third-order valence-corrected chi connectivity index (χ3v) is 4.07. The number of anilines is 1. The summed E-state index contributed by atoms with van der Waals surface area (Å²) in [5.41, 5.74) is 8.95. The molecule has 21 heavy (non-hydrogen) atoms. The molecule has 1 aromatic heterocycles. The minimum Gasteiger partial charge on any atom is -0.374 e. The average Bonchev–Trinajstić information content (AvgIpc) is 2.91. The van der Waals surface area contributed by atoms with Crippen LogP contribution in [0.5, 0.6) is 0 Å². The van der Waals surface area contributed by atoms with Crippen LogP contribution in [0.25, 0.3) is 6.08 Å². The molecule has 0 aliphatic rings. The van der Waals surface area contributed by atoms with Gasteiger partial charge in [0.2, 0.25) is 5.13 Å². The molecule has 1 heterocycles. The normalized spacial score (nSPS) is 11.2. The summed E-state index contributed by atoms with van der Waals surface area (Å²) < 4.78 is 0.663. The van der Waals surface area contributed by atoms with Crippen LogP contribution >= 0.6 is 23.1 Å². The molecule has 0 aliphatic carbocycles. The van der Waals surface area contributed by atoms with Gasteiger partial charge in [0.1, 0.15) is 0 Å². The fraction of sp³-hybridized carbons (Fsp3) is 0.0769. The van der Waals surface area contributed by atoms with Crippen molar-refractivity contribution in [3.8, 4) is 0 Å². The first-order valence-corrected chi connectivity index (χ1v) is 7.79. The molecule has 0 atom stereocenters. The molecule has 8 heteroatoms. The zero-order valence-corrected chi connectivity index (χ0v) is 12.6. The summed E-state index contributed by atoms with van der Waals surface area (Å²) in [5.74, 6) is 0.00658. The van der Waals surface area contributed by atoms with Crippen molar-refractivity contribution in [2.24, 2.45) is 5.10 Å². The first-order valence-electron chi connectivity index (χ1n) is 5.99. The van der Waals surface area contributed by atoms with Crippen molar-refractivity contribution < 1.29 is 4.79 Å². The van der Waals surface area contributed by atoms with E-state index in [0.29, 0.717) is 9.47 Å². The predicted molar refractivity (Wildman–Crippen MR) is 87.2 cm³/mol. The van der Waals surface area contributed by atoms with Gasteiger partial charge in [0, 0.05) is 6.21 Å². The van der Waals surface area contributed by atoms with E-state index in [-0.39, 0.29) is 11.7 Å². The third-order valence-electron chi connectivity index (χ3n) is 2.19. The number of aromatic nitrogens is 2. The number of hydrazone groups is 1. The molecule has 0 unspecified atom stereocenters. The molecule has 0 saturated heterocycles. The summed E-state index contributed by atoms with van der Waals surface area (Å²) in [5, 5.41) is 11.7. The van der Waals surface area contributed by atoms with Gasteiger partial charge in [-0.25, -0.2) is 5.43 Å². The minimum atomic E-state index is -0.210. The van der Waals surface area contributed by atoms with Gasteiger partial charge in [0.15, 0.2) is 4.34 Å². The highest BCUT2D eigenvalue weighted by molar-refractivity contribution is 8.01. The number of nitrogens with one attached hydrogen (secondary N) is 1. The van der Waals surface area contributed by atoms with E-state index < -0.39 is 0 Å². The van der Waals surface area contributed by atoms with Gasteiger partial charge in [-0.1, -0.05) is 59.5 Å². The van der Waals surface area contributed by atoms with E-state index in [1.165, 1.54) is 29.3 Å². The highest BCUT2D eigenvalue weighted by Crippen LogP contribution is 2.22. The molecule has 0 bridgehead atoms. The molecule has 0 spiro atoms. The van der Waals surface area contributed by atoms with Gasteiger partial charge in [-0.2, -0.15) is 5.10 Å². The number of hydrogen-bond acceptors (Lipinski definition) is 7. The zero-order valence-electron chi connectivity index (χ0n) is 11.0. The number of nitrogens with zero attached hydrogens (tertiary/aromatic N) is 3. The molecule has 2 aromatic rings. The number of benzene rings is 1. The number of nitrogens with two attached hydrogens (primary N) is 1. The highest BCUT2D eigenvalue weighted by atomic mass is 32.2. The standard InChI is InChI=1S/C13H13N5OS2/c14-12-17-18-13(21-12)20-9-11(19)16-15-8-4-7-10-5-2-1-3-6-10/h1-8H,9H2,(H2,14,17)(H,16,19)/b7-4+,15-8?. The van der Waals surface area contributed by atoms with Crippen molar-refractivity contribution in [3.63, 3.8) is 0 Å². The van der Waals surface area contributed by atoms with Crippen LogP contribution in [0.1, 0.15) is 5.56 Å². The SMILES string of the molecule is Nc1nnc(SCC(=O)NN=C/C=C/c2ccccc2)s1. The van der Waals surface area contributed by atoms with Gasteiger partial charge in [0.25, 0.3) is 5.91 Å². The topological polar surface area (TPSA) is 93.3 Å². The van der Waals surface area contributed by atoms with Gasteiger partial charge in [-0.05, 0) is 11.6 Å². The summed E-state index contributed by atoms with van der Waals surface area (Å²) in [6.45, 7) is 0. The van der Waals surface area contributed by atoms with Crippen molar-refractivity contribution >= 4 is 46.4 Å². The van der Waals surface area contributed by atoms with Gasteiger partial charge >= 0.3 is 0 Å². The van der Waals surface area contributed by atoms with Crippen molar-refractivity contribution in [1.29, 1.82) is 0 Å². The lowest BCUT2D eigenvalue weighted by atomic mass is 10.2. The van der Waals surface area contributed by atoms with E-state index in [2.05, 4.69) is 20.7 Å². The number of carbonyl (C=O) groups excluding carboxylic acids is 1. The Morgan fingerprint density at radius 2 is 2.19 bits per heavy atom. The monoisotopic (exact) mass is 319 g/mol. The molecule has 0 aliphatic heterocycles. The molecule has 0 saturated carbocycles. The Bertz CT molecular complexity index is 639. The molecule has 6 nitrogen and oxygen atoms in total. The third kappa shape index (κ3) is 5.76. The maximum atomic E-state index is 11.5. The molecule has 1 aromatic carbocycles. The Labute approximate surface area is 130 Å². The van der Waals surface area contributed by atoms with E-state index in [4.69, 9.17) is 5.73 Å². The molecule has 2 rings (SSSR count). The Morgan fingerprint density at radius 3 is 2.90 bits per heavy atom. The Hall–Kier alpha value is -2.19. The van der Waals surface area contributed by atoms with E-state index in [1.807, 2.05) is 36.4 Å².